The molecule has 3 aromatic rings. The first-order valence-electron chi connectivity index (χ1n) is 8.07. The van der Waals surface area contributed by atoms with E-state index in [1.807, 2.05) is 67.6 Å². The molecule has 0 heterocycles. The summed E-state index contributed by atoms with van der Waals surface area (Å²) in [5.74, 6) is 0.366. The van der Waals surface area contributed by atoms with E-state index < -0.39 is 0 Å². The minimum absolute atomic E-state index is 0.0885. The summed E-state index contributed by atoms with van der Waals surface area (Å²) >= 11 is 9.57. The van der Waals surface area contributed by atoms with Crippen LogP contribution in [0.25, 0.3) is 11.1 Å². The number of hydrogen-bond acceptors (Lipinski definition) is 2. The molecule has 1 N–H and O–H groups in total. The van der Waals surface area contributed by atoms with Crippen molar-refractivity contribution >= 4 is 39.1 Å². The second kappa shape index (κ2) is 8.39. The van der Waals surface area contributed by atoms with E-state index >= 15 is 0 Å². The van der Waals surface area contributed by atoms with Crippen molar-refractivity contribution in [1.82, 2.24) is 0 Å². The molecular weight excluding hydrogens is 414 g/mol. The molecule has 0 aliphatic rings. The highest BCUT2D eigenvalue weighted by molar-refractivity contribution is 9.10. The van der Waals surface area contributed by atoms with Crippen molar-refractivity contribution in [2.24, 2.45) is 0 Å². The zero-order chi connectivity index (χ0) is 18.5. The van der Waals surface area contributed by atoms with Gasteiger partial charge in [-0.1, -0.05) is 54.1 Å². The summed E-state index contributed by atoms with van der Waals surface area (Å²) in [6.45, 7) is 1.82. The minimum atomic E-state index is -0.246. The average molecular weight is 431 g/mol. The normalized spacial score (nSPS) is 10.4. The lowest BCUT2D eigenvalue weighted by molar-refractivity contribution is -0.118. The number of aryl methyl sites for hydroxylation is 1. The molecule has 0 atom stereocenters. The van der Waals surface area contributed by atoms with Crippen LogP contribution < -0.4 is 10.1 Å². The molecule has 0 unspecified atom stereocenters. The number of carbonyl (C=O) groups excluding carboxylic acids is 1. The maximum Gasteiger partial charge on any atom is 0.262 e. The second-order valence-corrected chi connectivity index (χ2v) is 7.07. The smallest absolute Gasteiger partial charge is 0.262 e. The van der Waals surface area contributed by atoms with Gasteiger partial charge in [0.1, 0.15) is 5.75 Å². The average Bonchev–Trinajstić information content (AvgIpc) is 2.64. The molecule has 0 aliphatic heterocycles. The number of rotatable bonds is 5. The quantitative estimate of drug-likeness (QED) is 0.531. The lowest BCUT2D eigenvalue weighted by atomic mass is 10.1. The number of benzene rings is 3. The van der Waals surface area contributed by atoms with Gasteiger partial charge in [-0.2, -0.15) is 0 Å². The fourth-order valence-electron chi connectivity index (χ4n) is 2.44. The van der Waals surface area contributed by atoms with Gasteiger partial charge >= 0.3 is 0 Å². The van der Waals surface area contributed by atoms with Crippen LogP contribution in [0.4, 0.5) is 5.69 Å². The zero-order valence-corrected chi connectivity index (χ0v) is 16.5. The number of nitrogens with one attached hydrogen (secondary N) is 1. The molecule has 0 bridgehead atoms. The first-order chi connectivity index (χ1) is 12.5. The van der Waals surface area contributed by atoms with Gasteiger partial charge in [-0.25, -0.2) is 0 Å². The molecule has 132 valence electrons. The molecule has 3 nitrogen and oxygen atoms in total. The molecule has 0 spiro atoms. The highest BCUT2D eigenvalue weighted by Crippen LogP contribution is 2.30. The van der Waals surface area contributed by atoms with Gasteiger partial charge in [-0.15, -0.1) is 0 Å². The van der Waals surface area contributed by atoms with Crippen molar-refractivity contribution < 1.29 is 9.53 Å². The van der Waals surface area contributed by atoms with Gasteiger partial charge in [0.15, 0.2) is 6.61 Å². The lowest BCUT2D eigenvalue weighted by Gasteiger charge is -2.11. The lowest BCUT2D eigenvalue weighted by Crippen LogP contribution is -2.20. The monoisotopic (exact) mass is 429 g/mol. The maximum absolute atomic E-state index is 12.1. The van der Waals surface area contributed by atoms with Crippen LogP contribution in [0.3, 0.4) is 0 Å². The molecule has 5 heteroatoms. The predicted octanol–water partition coefficient (Wildman–Crippen LogP) is 6.10. The zero-order valence-electron chi connectivity index (χ0n) is 14.1. The van der Waals surface area contributed by atoms with Crippen LogP contribution in [0.1, 0.15) is 5.56 Å². The summed E-state index contributed by atoms with van der Waals surface area (Å²) in [4.78, 5) is 12.1. The molecule has 0 radical (unpaired) electrons. The van der Waals surface area contributed by atoms with Crippen LogP contribution in [-0.2, 0) is 4.79 Å². The van der Waals surface area contributed by atoms with Crippen LogP contribution in [-0.4, -0.2) is 12.5 Å². The van der Waals surface area contributed by atoms with Gasteiger partial charge in [0, 0.05) is 10.7 Å². The van der Waals surface area contributed by atoms with Crippen molar-refractivity contribution in [3.63, 3.8) is 0 Å². The Morgan fingerprint density at radius 3 is 2.50 bits per heavy atom. The first kappa shape index (κ1) is 18.5. The molecule has 0 aliphatic carbocycles. The van der Waals surface area contributed by atoms with Gasteiger partial charge < -0.3 is 10.1 Å². The van der Waals surface area contributed by atoms with Crippen LogP contribution in [0.15, 0.2) is 71.2 Å². The molecule has 0 saturated heterocycles. The minimum Gasteiger partial charge on any atom is -0.483 e. The second-order valence-electron chi connectivity index (χ2n) is 5.81. The number of hydrogen-bond donors (Lipinski definition) is 1. The molecule has 0 saturated carbocycles. The van der Waals surface area contributed by atoms with E-state index in [1.54, 1.807) is 6.07 Å². The standard InChI is InChI=1S/C21H17BrClNO2/c1-14-7-9-17(12-19(14)23)24-21(25)13-26-20-10-8-16(11-18(20)22)15-5-3-2-4-6-15/h2-12H,13H2,1H3,(H,24,25). The third-order valence-corrected chi connectivity index (χ3v) is 4.88. The van der Waals surface area contributed by atoms with E-state index in [9.17, 15) is 4.79 Å². The van der Waals surface area contributed by atoms with Gasteiger partial charge in [0.2, 0.25) is 0 Å². The molecule has 0 aromatic heterocycles. The van der Waals surface area contributed by atoms with Crippen molar-refractivity contribution in [2.75, 3.05) is 11.9 Å². The number of halogens is 2. The number of amides is 1. The largest absolute Gasteiger partial charge is 0.483 e. The summed E-state index contributed by atoms with van der Waals surface area (Å²) in [5.41, 5.74) is 3.80. The van der Waals surface area contributed by atoms with Gasteiger partial charge in [-0.05, 0) is 63.8 Å². The molecular formula is C21H17BrClNO2. The molecule has 3 aromatic carbocycles. The van der Waals surface area contributed by atoms with Crippen molar-refractivity contribution in [3.8, 4) is 16.9 Å². The molecule has 3 rings (SSSR count). The van der Waals surface area contributed by atoms with Crippen LogP contribution in [0.5, 0.6) is 5.75 Å². The predicted molar refractivity (Wildman–Crippen MR) is 110 cm³/mol. The van der Waals surface area contributed by atoms with Crippen molar-refractivity contribution in [1.29, 1.82) is 0 Å². The Labute approximate surface area is 166 Å². The highest BCUT2D eigenvalue weighted by atomic mass is 79.9. The number of ether oxygens (including phenoxy) is 1. The third kappa shape index (κ3) is 4.65. The highest BCUT2D eigenvalue weighted by Gasteiger charge is 2.08. The van der Waals surface area contributed by atoms with Crippen molar-refractivity contribution in [3.05, 3.63) is 81.8 Å². The molecule has 1 amide bonds. The molecule has 26 heavy (non-hydrogen) atoms. The third-order valence-electron chi connectivity index (χ3n) is 3.85. The van der Waals surface area contributed by atoms with Gasteiger partial charge in [0.25, 0.3) is 5.91 Å². The number of anilines is 1. The van der Waals surface area contributed by atoms with Crippen LogP contribution >= 0.6 is 27.5 Å². The summed E-state index contributed by atoms with van der Waals surface area (Å²) in [6.07, 6.45) is 0. The van der Waals surface area contributed by atoms with E-state index in [0.29, 0.717) is 16.5 Å². The van der Waals surface area contributed by atoms with Crippen LogP contribution in [0.2, 0.25) is 5.02 Å². The maximum atomic E-state index is 12.1. The fourth-order valence-corrected chi connectivity index (χ4v) is 3.11. The van der Waals surface area contributed by atoms with E-state index in [1.165, 1.54) is 0 Å². The summed E-state index contributed by atoms with van der Waals surface area (Å²) in [5, 5.41) is 3.39. The summed E-state index contributed by atoms with van der Waals surface area (Å²) < 4.78 is 6.42. The Bertz CT molecular complexity index is 929. The SMILES string of the molecule is Cc1ccc(NC(=O)COc2ccc(-c3ccccc3)cc2Br)cc1Cl. The first-order valence-corrected chi connectivity index (χ1v) is 9.24. The Morgan fingerprint density at radius 2 is 1.81 bits per heavy atom. The van der Waals surface area contributed by atoms with E-state index in [-0.39, 0.29) is 12.5 Å². The Kier molecular flexibility index (Phi) is 5.96. The van der Waals surface area contributed by atoms with E-state index in [2.05, 4.69) is 21.2 Å². The molecule has 0 fully saturated rings. The van der Waals surface area contributed by atoms with Gasteiger partial charge in [-0.3, -0.25) is 4.79 Å². The Hall–Kier alpha value is -2.30. The van der Waals surface area contributed by atoms with Crippen LogP contribution in [0, 0.1) is 6.92 Å². The fraction of sp³-hybridized carbons (Fsp3) is 0.0952. The summed E-state index contributed by atoms with van der Waals surface area (Å²) in [7, 11) is 0. The Balaban J connectivity index is 1.62. The van der Waals surface area contributed by atoms with E-state index in [4.69, 9.17) is 16.3 Å². The topological polar surface area (TPSA) is 38.3 Å². The van der Waals surface area contributed by atoms with Gasteiger partial charge in [0.05, 0.1) is 4.47 Å². The van der Waals surface area contributed by atoms with Crippen molar-refractivity contribution in [2.45, 2.75) is 6.92 Å². The summed E-state index contributed by atoms with van der Waals surface area (Å²) in [6, 6.07) is 21.2. The van der Waals surface area contributed by atoms with E-state index in [0.717, 1.165) is 21.2 Å². The number of carbonyl (C=O) groups is 1. The Morgan fingerprint density at radius 1 is 1.04 bits per heavy atom.